The third-order valence-corrected chi connectivity index (χ3v) is 2.33. The Hall–Kier alpha value is -1.36. The zero-order valence-electron chi connectivity index (χ0n) is 8.22. The fraction of sp³-hybridized carbons (Fsp3) is 0.200. The second-order valence-electron chi connectivity index (χ2n) is 3.03. The maximum absolute atomic E-state index is 5.05. The van der Waals surface area contributed by atoms with Crippen LogP contribution in [-0.4, -0.2) is 21.9 Å². The van der Waals surface area contributed by atoms with E-state index in [4.69, 9.17) is 4.74 Å². The van der Waals surface area contributed by atoms with Crippen molar-refractivity contribution in [2.75, 3.05) is 7.11 Å². The molecule has 0 unspecified atom stereocenters. The van der Waals surface area contributed by atoms with E-state index in [1.807, 2.05) is 29.1 Å². The molecule has 0 amide bonds. The summed E-state index contributed by atoms with van der Waals surface area (Å²) in [6.07, 6.45) is 3.65. The lowest BCUT2D eigenvalue weighted by atomic mass is 10.3. The average molecular weight is 268 g/mol. The molecule has 0 saturated heterocycles. The van der Waals surface area contributed by atoms with Gasteiger partial charge in [-0.05, 0) is 22.0 Å². The molecule has 78 valence electrons. The van der Waals surface area contributed by atoms with Gasteiger partial charge in [-0.3, -0.25) is 4.68 Å². The van der Waals surface area contributed by atoms with E-state index in [1.54, 1.807) is 13.3 Å². The molecule has 0 spiro atoms. The molecule has 0 aliphatic rings. The second kappa shape index (κ2) is 4.44. The van der Waals surface area contributed by atoms with Crippen LogP contribution in [0.1, 0.15) is 5.69 Å². The molecule has 5 heteroatoms. The summed E-state index contributed by atoms with van der Waals surface area (Å²) in [4.78, 5) is 4.30. The van der Waals surface area contributed by atoms with E-state index in [9.17, 15) is 0 Å². The van der Waals surface area contributed by atoms with Crippen LogP contribution in [0.15, 0.2) is 35.1 Å². The van der Waals surface area contributed by atoms with Crippen molar-refractivity contribution >= 4 is 15.9 Å². The molecule has 0 aliphatic carbocycles. The smallest absolute Gasteiger partial charge is 0.213 e. The van der Waals surface area contributed by atoms with Crippen molar-refractivity contribution in [3.05, 3.63) is 40.8 Å². The van der Waals surface area contributed by atoms with E-state index in [-0.39, 0.29) is 0 Å². The number of nitrogens with zero attached hydrogens (tertiary/aromatic N) is 3. The van der Waals surface area contributed by atoms with Crippen molar-refractivity contribution in [3.8, 4) is 5.88 Å². The Morgan fingerprint density at radius 2 is 2.33 bits per heavy atom. The third-order valence-electron chi connectivity index (χ3n) is 1.92. The molecule has 0 aromatic carbocycles. The Morgan fingerprint density at radius 1 is 1.47 bits per heavy atom. The number of halogens is 1. The molecule has 2 aromatic rings. The molecule has 2 aromatic heterocycles. The van der Waals surface area contributed by atoms with Gasteiger partial charge in [0.15, 0.2) is 0 Å². The van der Waals surface area contributed by atoms with Gasteiger partial charge in [-0.1, -0.05) is 6.07 Å². The highest BCUT2D eigenvalue weighted by Crippen LogP contribution is 2.10. The molecule has 0 aliphatic heterocycles. The Bertz CT molecular complexity index is 455. The number of methoxy groups -OCH3 is 1. The normalized spacial score (nSPS) is 10.3. The predicted octanol–water partition coefficient (Wildman–Crippen LogP) is 2.10. The van der Waals surface area contributed by atoms with Crippen molar-refractivity contribution in [2.24, 2.45) is 0 Å². The summed E-state index contributed by atoms with van der Waals surface area (Å²) in [7, 11) is 1.61. The van der Waals surface area contributed by atoms with Crippen molar-refractivity contribution in [1.29, 1.82) is 0 Å². The average Bonchev–Trinajstić information content (AvgIpc) is 2.64. The molecule has 2 rings (SSSR count). The van der Waals surface area contributed by atoms with E-state index in [0.717, 1.165) is 10.2 Å². The van der Waals surface area contributed by atoms with Crippen molar-refractivity contribution in [3.63, 3.8) is 0 Å². The summed E-state index contributed by atoms with van der Waals surface area (Å²) in [6.45, 7) is 0.642. The molecule has 2 heterocycles. The molecular weight excluding hydrogens is 258 g/mol. The maximum atomic E-state index is 5.05. The summed E-state index contributed by atoms with van der Waals surface area (Å²) in [5.41, 5.74) is 0.921. The largest absolute Gasteiger partial charge is 0.481 e. The molecule has 15 heavy (non-hydrogen) atoms. The lowest BCUT2D eigenvalue weighted by molar-refractivity contribution is 0.395. The SMILES string of the molecule is COc1cccc(Cn2cc(Br)cn2)n1. The Balaban J connectivity index is 2.16. The first-order valence-electron chi connectivity index (χ1n) is 4.46. The molecule has 0 bridgehead atoms. The van der Waals surface area contributed by atoms with Crippen LogP contribution in [0, 0.1) is 0 Å². The highest BCUT2D eigenvalue weighted by molar-refractivity contribution is 9.10. The topological polar surface area (TPSA) is 39.9 Å². The van der Waals surface area contributed by atoms with Crippen LogP contribution in [0.3, 0.4) is 0 Å². The monoisotopic (exact) mass is 267 g/mol. The van der Waals surface area contributed by atoms with Crippen LogP contribution < -0.4 is 4.74 Å². The minimum absolute atomic E-state index is 0.624. The number of aromatic nitrogens is 3. The van der Waals surface area contributed by atoms with Gasteiger partial charge in [0, 0.05) is 12.3 Å². The molecule has 4 nitrogen and oxygen atoms in total. The van der Waals surface area contributed by atoms with E-state index in [0.29, 0.717) is 12.4 Å². The van der Waals surface area contributed by atoms with Gasteiger partial charge in [-0.25, -0.2) is 4.98 Å². The van der Waals surface area contributed by atoms with E-state index in [2.05, 4.69) is 26.0 Å². The van der Waals surface area contributed by atoms with Crippen LogP contribution in [0.25, 0.3) is 0 Å². The zero-order valence-corrected chi connectivity index (χ0v) is 9.81. The van der Waals surface area contributed by atoms with Crippen molar-refractivity contribution in [2.45, 2.75) is 6.54 Å². The lowest BCUT2D eigenvalue weighted by Gasteiger charge is -2.03. The quantitative estimate of drug-likeness (QED) is 0.855. The number of pyridine rings is 1. The highest BCUT2D eigenvalue weighted by atomic mass is 79.9. The first kappa shape index (κ1) is 10.2. The fourth-order valence-corrected chi connectivity index (χ4v) is 1.58. The first-order valence-corrected chi connectivity index (χ1v) is 5.25. The van der Waals surface area contributed by atoms with Crippen LogP contribution >= 0.6 is 15.9 Å². The van der Waals surface area contributed by atoms with Crippen molar-refractivity contribution in [1.82, 2.24) is 14.8 Å². The highest BCUT2D eigenvalue weighted by Gasteiger charge is 2.00. The minimum atomic E-state index is 0.624. The zero-order chi connectivity index (χ0) is 10.7. The van der Waals surface area contributed by atoms with E-state index < -0.39 is 0 Å². The second-order valence-corrected chi connectivity index (χ2v) is 3.94. The van der Waals surface area contributed by atoms with Gasteiger partial charge in [0.1, 0.15) is 0 Å². The molecule has 0 radical (unpaired) electrons. The minimum Gasteiger partial charge on any atom is -0.481 e. The van der Waals surface area contributed by atoms with E-state index in [1.165, 1.54) is 0 Å². The van der Waals surface area contributed by atoms with Gasteiger partial charge < -0.3 is 4.74 Å². The third kappa shape index (κ3) is 2.56. The van der Waals surface area contributed by atoms with Gasteiger partial charge >= 0.3 is 0 Å². The Kier molecular flexibility index (Phi) is 3.01. The molecule has 0 atom stereocenters. The standard InChI is InChI=1S/C10H10BrN3O/c1-15-10-4-2-3-9(13-10)7-14-6-8(11)5-12-14/h2-6H,7H2,1H3. The first-order chi connectivity index (χ1) is 7.28. The summed E-state index contributed by atoms with van der Waals surface area (Å²) >= 11 is 3.35. The van der Waals surface area contributed by atoms with Crippen LogP contribution in [0.4, 0.5) is 0 Å². The van der Waals surface area contributed by atoms with Crippen LogP contribution in [0.5, 0.6) is 5.88 Å². The lowest BCUT2D eigenvalue weighted by Crippen LogP contribution is -2.02. The number of ether oxygens (including phenoxy) is 1. The Labute approximate surface area is 96.0 Å². The number of hydrogen-bond acceptors (Lipinski definition) is 3. The van der Waals surface area contributed by atoms with Gasteiger partial charge in [0.2, 0.25) is 5.88 Å². The summed E-state index contributed by atoms with van der Waals surface area (Å²) in [5, 5.41) is 4.16. The number of hydrogen-bond donors (Lipinski definition) is 0. The van der Waals surface area contributed by atoms with Crippen molar-refractivity contribution < 1.29 is 4.74 Å². The summed E-state index contributed by atoms with van der Waals surface area (Å²) < 4.78 is 7.82. The van der Waals surface area contributed by atoms with Gasteiger partial charge in [0.25, 0.3) is 0 Å². The molecule has 0 N–H and O–H groups in total. The Morgan fingerprint density at radius 3 is 3.00 bits per heavy atom. The van der Waals surface area contributed by atoms with Gasteiger partial charge in [-0.15, -0.1) is 0 Å². The maximum Gasteiger partial charge on any atom is 0.213 e. The predicted molar refractivity (Wildman–Crippen MR) is 59.8 cm³/mol. The summed E-state index contributed by atoms with van der Waals surface area (Å²) in [5.74, 6) is 0.624. The molecule has 0 fully saturated rings. The molecule has 0 saturated carbocycles. The van der Waals surface area contributed by atoms with Crippen LogP contribution in [-0.2, 0) is 6.54 Å². The fourth-order valence-electron chi connectivity index (χ4n) is 1.25. The summed E-state index contributed by atoms with van der Waals surface area (Å²) in [6, 6.07) is 5.68. The van der Waals surface area contributed by atoms with Crippen LogP contribution in [0.2, 0.25) is 0 Å². The number of rotatable bonds is 3. The van der Waals surface area contributed by atoms with Gasteiger partial charge in [0.05, 0.1) is 30.0 Å². The van der Waals surface area contributed by atoms with E-state index >= 15 is 0 Å². The molecular formula is C10H10BrN3O. The van der Waals surface area contributed by atoms with Gasteiger partial charge in [-0.2, -0.15) is 5.10 Å².